The monoisotopic (exact) mass is 536 g/mol. The predicted molar refractivity (Wildman–Crippen MR) is 160 cm³/mol. The van der Waals surface area contributed by atoms with E-state index >= 15 is 0 Å². The Labute approximate surface area is 235 Å². The first-order valence-corrected chi connectivity index (χ1v) is 14.2. The van der Waals surface area contributed by atoms with E-state index in [4.69, 9.17) is 25.7 Å². The zero-order valence-corrected chi connectivity index (χ0v) is 24.8. The number of carbonyl (C=O) groups excluding carboxylic acids is 1. The summed E-state index contributed by atoms with van der Waals surface area (Å²) in [7, 11) is 1.73. The molecule has 0 aromatic heterocycles. The first kappa shape index (κ1) is 30.7. The molecule has 0 radical (unpaired) electrons. The minimum atomic E-state index is -0.846. The molecule has 0 bridgehead atoms. The molecule has 214 valence electrons. The summed E-state index contributed by atoms with van der Waals surface area (Å²) in [6, 6.07) is 14.6. The number of benzene rings is 2. The van der Waals surface area contributed by atoms with Crippen molar-refractivity contribution in [2.24, 2.45) is 16.9 Å². The Morgan fingerprint density at radius 2 is 1.62 bits per heavy atom. The number of allylic oxidation sites excluding steroid dienone is 1. The van der Waals surface area contributed by atoms with Gasteiger partial charge in [0.25, 0.3) is 0 Å². The highest BCUT2D eigenvalue weighted by atomic mass is 16.5. The Morgan fingerprint density at radius 1 is 0.923 bits per heavy atom. The van der Waals surface area contributed by atoms with Crippen molar-refractivity contribution in [2.45, 2.75) is 90.6 Å². The largest absolute Gasteiger partial charge is 0.496 e. The number of carbonyl (C=O) groups is 1. The summed E-state index contributed by atoms with van der Waals surface area (Å²) in [5, 5.41) is 0. The van der Waals surface area contributed by atoms with Crippen molar-refractivity contribution < 1.29 is 19.0 Å². The van der Waals surface area contributed by atoms with Crippen LogP contribution in [0.3, 0.4) is 0 Å². The van der Waals surface area contributed by atoms with Gasteiger partial charge in [-0.2, -0.15) is 0 Å². The molecule has 0 fully saturated rings. The van der Waals surface area contributed by atoms with Gasteiger partial charge in [0.1, 0.15) is 11.5 Å². The van der Waals surface area contributed by atoms with Crippen molar-refractivity contribution in [2.75, 3.05) is 20.3 Å². The Balaban J connectivity index is 1.52. The molecule has 1 unspecified atom stereocenters. The van der Waals surface area contributed by atoms with Crippen molar-refractivity contribution in [3.63, 3.8) is 0 Å². The fourth-order valence-corrected chi connectivity index (χ4v) is 5.18. The lowest BCUT2D eigenvalue weighted by molar-refractivity contribution is -0.158. The van der Waals surface area contributed by atoms with Crippen LogP contribution in [-0.4, -0.2) is 37.4 Å². The topological polar surface area (TPSA) is 96.8 Å². The van der Waals surface area contributed by atoms with Gasteiger partial charge >= 0.3 is 5.97 Å². The summed E-state index contributed by atoms with van der Waals surface area (Å²) in [4.78, 5) is 12.8. The van der Waals surface area contributed by atoms with Gasteiger partial charge in [-0.3, -0.25) is 4.79 Å². The van der Waals surface area contributed by atoms with Crippen LogP contribution < -0.4 is 20.9 Å². The van der Waals surface area contributed by atoms with Crippen LogP contribution in [0, 0.1) is 5.41 Å². The van der Waals surface area contributed by atoms with Gasteiger partial charge in [-0.1, -0.05) is 30.3 Å². The third-order valence-corrected chi connectivity index (χ3v) is 7.84. The van der Waals surface area contributed by atoms with Crippen LogP contribution in [-0.2, 0) is 16.0 Å². The van der Waals surface area contributed by atoms with E-state index in [1.54, 1.807) is 7.11 Å². The fourth-order valence-electron chi connectivity index (χ4n) is 5.18. The van der Waals surface area contributed by atoms with E-state index in [2.05, 4.69) is 30.3 Å². The number of ether oxygens (including phenoxy) is 3. The minimum Gasteiger partial charge on any atom is -0.496 e. The number of esters is 1. The van der Waals surface area contributed by atoms with E-state index in [9.17, 15) is 4.79 Å². The van der Waals surface area contributed by atoms with E-state index in [0.29, 0.717) is 19.6 Å². The number of hydrogen-bond acceptors (Lipinski definition) is 6. The molecule has 0 amide bonds. The number of unbranched alkanes of at least 4 members (excludes halogenated alkanes) is 1. The van der Waals surface area contributed by atoms with Crippen molar-refractivity contribution in [1.29, 1.82) is 0 Å². The Bertz CT molecular complexity index is 1140. The van der Waals surface area contributed by atoms with Crippen molar-refractivity contribution in [1.82, 2.24) is 0 Å². The average Bonchev–Trinajstić information content (AvgIpc) is 2.85. The number of fused-ring (bicyclic) bond motifs is 1. The molecule has 2 aromatic carbocycles. The highest BCUT2D eigenvalue weighted by Gasteiger charge is 2.46. The summed E-state index contributed by atoms with van der Waals surface area (Å²) in [6.45, 7) is 10.3. The van der Waals surface area contributed by atoms with E-state index in [0.717, 1.165) is 55.6 Å². The quantitative estimate of drug-likeness (QED) is 0.236. The van der Waals surface area contributed by atoms with Gasteiger partial charge in [-0.05, 0) is 114 Å². The van der Waals surface area contributed by atoms with Gasteiger partial charge < -0.3 is 25.7 Å². The van der Waals surface area contributed by atoms with Gasteiger partial charge in [0.05, 0.1) is 25.7 Å². The van der Waals surface area contributed by atoms with Crippen molar-refractivity contribution in [3.8, 4) is 11.5 Å². The molecule has 2 aromatic rings. The van der Waals surface area contributed by atoms with Crippen LogP contribution in [0.5, 0.6) is 11.5 Å². The third-order valence-electron chi connectivity index (χ3n) is 7.84. The molecule has 0 saturated carbocycles. The van der Waals surface area contributed by atoms with Crippen molar-refractivity contribution >= 4 is 17.6 Å². The van der Waals surface area contributed by atoms with Crippen LogP contribution in [0.1, 0.15) is 89.8 Å². The van der Waals surface area contributed by atoms with Gasteiger partial charge in [-0.25, -0.2) is 0 Å². The average molecular weight is 537 g/mol. The number of nitrogens with two attached hydrogens (primary N) is 2. The second-order valence-corrected chi connectivity index (χ2v) is 12.3. The van der Waals surface area contributed by atoms with E-state index in [1.165, 1.54) is 16.7 Å². The molecule has 1 atom stereocenters. The van der Waals surface area contributed by atoms with E-state index in [1.807, 2.05) is 52.8 Å². The zero-order valence-electron chi connectivity index (χ0n) is 24.8. The number of methoxy groups -OCH3 is 1. The van der Waals surface area contributed by atoms with Crippen LogP contribution in [0.25, 0.3) is 11.6 Å². The lowest BCUT2D eigenvalue weighted by atomic mass is 9.68. The second-order valence-electron chi connectivity index (χ2n) is 12.3. The fraction of sp³-hybridized carbons (Fsp3) is 0.545. The molecule has 0 heterocycles. The standard InChI is InChI=1S/C33H48N2O4/c1-31(2,34)23-33(5,35)32(3,4)30(36)39-20-12-11-19-38-27-18-17-25-21-26(14-8-7-13-24(25)22-27)28-15-9-10-16-29(28)37-6/h9-10,15-18,21-22H,7-8,11-14,19-20,23,34-35H2,1-6H3/b26-21+. The molecule has 6 heteroatoms. The second kappa shape index (κ2) is 13.0. The number of para-hydroxylation sites is 1. The van der Waals surface area contributed by atoms with Crippen LogP contribution in [0.15, 0.2) is 42.5 Å². The molecule has 39 heavy (non-hydrogen) atoms. The maximum atomic E-state index is 12.8. The summed E-state index contributed by atoms with van der Waals surface area (Å²) in [5.41, 5.74) is 15.6. The summed E-state index contributed by atoms with van der Waals surface area (Å²) >= 11 is 0. The summed E-state index contributed by atoms with van der Waals surface area (Å²) in [5.74, 6) is 1.50. The van der Waals surface area contributed by atoms with E-state index < -0.39 is 16.5 Å². The smallest absolute Gasteiger partial charge is 0.313 e. The number of hydrogen-bond donors (Lipinski definition) is 2. The molecule has 1 aliphatic rings. The molecule has 0 aliphatic heterocycles. The number of rotatable bonds is 12. The van der Waals surface area contributed by atoms with Gasteiger partial charge in [0.15, 0.2) is 0 Å². The molecule has 6 nitrogen and oxygen atoms in total. The maximum Gasteiger partial charge on any atom is 0.313 e. The minimum absolute atomic E-state index is 0.292. The predicted octanol–water partition coefficient (Wildman–Crippen LogP) is 6.54. The lowest BCUT2D eigenvalue weighted by Gasteiger charge is -2.42. The molecule has 3 rings (SSSR count). The van der Waals surface area contributed by atoms with Gasteiger partial charge in [-0.15, -0.1) is 0 Å². The molecular formula is C33H48N2O4. The molecule has 0 spiro atoms. The Morgan fingerprint density at radius 3 is 2.33 bits per heavy atom. The van der Waals surface area contributed by atoms with Crippen LogP contribution in [0.4, 0.5) is 0 Å². The summed E-state index contributed by atoms with van der Waals surface area (Å²) < 4.78 is 17.3. The zero-order chi connectivity index (χ0) is 28.7. The first-order valence-electron chi connectivity index (χ1n) is 14.2. The summed E-state index contributed by atoms with van der Waals surface area (Å²) in [6.07, 6.45) is 8.66. The Kier molecular flexibility index (Phi) is 10.2. The molecule has 4 N–H and O–H groups in total. The SMILES string of the molecule is COc1ccccc1/C1=C/c2ccc(OCCCCOC(=O)C(C)(C)C(C)(N)CC(C)(C)N)cc2CCCC1. The van der Waals surface area contributed by atoms with Crippen LogP contribution in [0.2, 0.25) is 0 Å². The highest BCUT2D eigenvalue weighted by Crippen LogP contribution is 2.36. The highest BCUT2D eigenvalue weighted by molar-refractivity contribution is 5.85. The van der Waals surface area contributed by atoms with Gasteiger partial charge in [0, 0.05) is 16.6 Å². The van der Waals surface area contributed by atoms with Gasteiger partial charge in [0.2, 0.25) is 0 Å². The number of aryl methyl sites for hydroxylation is 1. The lowest BCUT2D eigenvalue weighted by Crippen LogP contribution is -2.59. The molecule has 0 saturated heterocycles. The third kappa shape index (κ3) is 8.33. The van der Waals surface area contributed by atoms with Crippen molar-refractivity contribution in [3.05, 3.63) is 59.2 Å². The molecular weight excluding hydrogens is 488 g/mol. The molecule has 1 aliphatic carbocycles. The first-order chi connectivity index (χ1) is 18.3. The normalized spacial score (nSPS) is 17.1. The van der Waals surface area contributed by atoms with E-state index in [-0.39, 0.29) is 5.97 Å². The van der Waals surface area contributed by atoms with Crippen LogP contribution >= 0.6 is 0 Å². The maximum absolute atomic E-state index is 12.8. The Hall–Kier alpha value is -2.83.